The van der Waals surface area contributed by atoms with Crippen LogP contribution in [0.2, 0.25) is 0 Å². The highest BCUT2D eigenvalue weighted by Crippen LogP contribution is 2.10. The van der Waals surface area contributed by atoms with Crippen LogP contribution in [0.3, 0.4) is 0 Å². The molecular formula is C13H21NO2. The molecule has 0 amide bonds. The van der Waals surface area contributed by atoms with Gasteiger partial charge in [-0.15, -0.1) is 0 Å². The van der Waals surface area contributed by atoms with E-state index in [9.17, 15) is 0 Å². The Labute approximate surface area is 97.8 Å². The Hall–Kier alpha value is -1.06. The summed E-state index contributed by atoms with van der Waals surface area (Å²) in [5, 5.41) is 3.30. The van der Waals surface area contributed by atoms with Crippen molar-refractivity contribution in [3.05, 3.63) is 29.8 Å². The first kappa shape index (κ1) is 13.0. The topological polar surface area (TPSA) is 30.5 Å². The number of rotatable bonds is 8. The second-order valence-electron chi connectivity index (χ2n) is 3.76. The van der Waals surface area contributed by atoms with Gasteiger partial charge in [-0.3, -0.25) is 0 Å². The molecule has 0 saturated heterocycles. The van der Waals surface area contributed by atoms with Gasteiger partial charge in [0.25, 0.3) is 0 Å². The third kappa shape index (κ3) is 5.73. The lowest BCUT2D eigenvalue weighted by Gasteiger charge is -2.07. The average molecular weight is 223 g/mol. The Morgan fingerprint density at radius 2 is 1.81 bits per heavy atom. The van der Waals surface area contributed by atoms with Gasteiger partial charge in [-0.2, -0.15) is 0 Å². The molecule has 1 aromatic rings. The van der Waals surface area contributed by atoms with E-state index < -0.39 is 0 Å². The fraction of sp³-hybridized carbons (Fsp3) is 0.538. The smallest absolute Gasteiger partial charge is 0.119 e. The van der Waals surface area contributed by atoms with Gasteiger partial charge in [0, 0.05) is 20.3 Å². The molecule has 0 atom stereocenters. The first-order valence-electron chi connectivity index (χ1n) is 5.72. The summed E-state index contributed by atoms with van der Waals surface area (Å²) in [5.41, 5.74) is 1.25. The Bertz CT molecular complexity index is 272. The van der Waals surface area contributed by atoms with E-state index in [1.807, 2.05) is 12.1 Å². The predicted molar refractivity (Wildman–Crippen MR) is 66.0 cm³/mol. The first-order valence-corrected chi connectivity index (χ1v) is 5.72. The minimum Gasteiger partial charge on any atom is -0.492 e. The van der Waals surface area contributed by atoms with Gasteiger partial charge in [0.15, 0.2) is 0 Å². The standard InChI is InChI=1S/C13H21NO2/c1-12-4-6-13(7-5-12)16-11-9-14-8-3-10-15-2/h4-7,14H,3,8-11H2,1-2H3. The van der Waals surface area contributed by atoms with Crippen LogP contribution in [-0.4, -0.2) is 33.4 Å². The van der Waals surface area contributed by atoms with Gasteiger partial charge in [-0.1, -0.05) is 17.7 Å². The summed E-state index contributed by atoms with van der Waals surface area (Å²) in [4.78, 5) is 0. The lowest BCUT2D eigenvalue weighted by Crippen LogP contribution is -2.22. The summed E-state index contributed by atoms with van der Waals surface area (Å²) in [6, 6.07) is 8.11. The summed E-state index contributed by atoms with van der Waals surface area (Å²) < 4.78 is 10.5. The number of methoxy groups -OCH3 is 1. The van der Waals surface area contributed by atoms with Crippen LogP contribution in [0.1, 0.15) is 12.0 Å². The third-order valence-electron chi connectivity index (χ3n) is 2.27. The molecule has 1 aromatic carbocycles. The van der Waals surface area contributed by atoms with Crippen molar-refractivity contribution in [2.45, 2.75) is 13.3 Å². The van der Waals surface area contributed by atoms with E-state index in [1.165, 1.54) is 5.56 Å². The number of benzene rings is 1. The van der Waals surface area contributed by atoms with Gasteiger partial charge in [0.05, 0.1) is 0 Å². The van der Waals surface area contributed by atoms with E-state index in [0.717, 1.165) is 31.9 Å². The number of aryl methyl sites for hydroxylation is 1. The summed E-state index contributed by atoms with van der Waals surface area (Å²) in [6.07, 6.45) is 1.04. The number of hydrogen-bond donors (Lipinski definition) is 1. The molecule has 0 aliphatic rings. The Balaban J connectivity index is 2.01. The lowest BCUT2D eigenvalue weighted by molar-refractivity contribution is 0.193. The monoisotopic (exact) mass is 223 g/mol. The van der Waals surface area contributed by atoms with Gasteiger partial charge < -0.3 is 14.8 Å². The molecule has 0 fully saturated rings. The highest BCUT2D eigenvalue weighted by molar-refractivity contribution is 5.26. The van der Waals surface area contributed by atoms with Crippen molar-refractivity contribution in [2.75, 3.05) is 33.4 Å². The minimum atomic E-state index is 0.704. The van der Waals surface area contributed by atoms with Crippen molar-refractivity contribution in [1.82, 2.24) is 5.32 Å². The maximum absolute atomic E-state index is 5.57. The van der Waals surface area contributed by atoms with Crippen LogP contribution < -0.4 is 10.1 Å². The van der Waals surface area contributed by atoms with Crippen LogP contribution in [0.4, 0.5) is 0 Å². The zero-order valence-electron chi connectivity index (χ0n) is 10.2. The lowest BCUT2D eigenvalue weighted by atomic mass is 10.2. The van der Waals surface area contributed by atoms with Crippen molar-refractivity contribution in [3.63, 3.8) is 0 Å². The van der Waals surface area contributed by atoms with E-state index in [1.54, 1.807) is 7.11 Å². The zero-order valence-corrected chi connectivity index (χ0v) is 10.2. The number of hydrogen-bond acceptors (Lipinski definition) is 3. The summed E-state index contributed by atoms with van der Waals surface area (Å²) in [6.45, 7) is 5.44. The van der Waals surface area contributed by atoms with Gasteiger partial charge in [-0.05, 0) is 32.0 Å². The molecule has 90 valence electrons. The minimum absolute atomic E-state index is 0.704. The maximum atomic E-state index is 5.57. The van der Waals surface area contributed by atoms with E-state index in [2.05, 4.69) is 24.4 Å². The Morgan fingerprint density at radius 1 is 1.06 bits per heavy atom. The molecule has 0 aliphatic carbocycles. The predicted octanol–water partition coefficient (Wildman–Crippen LogP) is 2.00. The first-order chi connectivity index (χ1) is 7.83. The SMILES string of the molecule is COCCCNCCOc1ccc(C)cc1. The van der Waals surface area contributed by atoms with Crippen LogP contribution >= 0.6 is 0 Å². The average Bonchev–Trinajstić information content (AvgIpc) is 2.30. The van der Waals surface area contributed by atoms with Crippen molar-refractivity contribution in [3.8, 4) is 5.75 Å². The van der Waals surface area contributed by atoms with Gasteiger partial charge in [0.1, 0.15) is 12.4 Å². The van der Waals surface area contributed by atoms with Crippen LogP contribution in [0.15, 0.2) is 24.3 Å². The molecule has 0 spiro atoms. The third-order valence-corrected chi connectivity index (χ3v) is 2.27. The fourth-order valence-corrected chi connectivity index (χ4v) is 1.34. The number of ether oxygens (including phenoxy) is 2. The molecular weight excluding hydrogens is 202 g/mol. The van der Waals surface area contributed by atoms with Crippen LogP contribution in [0.5, 0.6) is 5.75 Å². The van der Waals surface area contributed by atoms with Gasteiger partial charge >= 0.3 is 0 Å². The Morgan fingerprint density at radius 3 is 2.50 bits per heavy atom. The molecule has 0 unspecified atom stereocenters. The van der Waals surface area contributed by atoms with Crippen molar-refractivity contribution in [1.29, 1.82) is 0 Å². The van der Waals surface area contributed by atoms with Gasteiger partial charge in [-0.25, -0.2) is 0 Å². The second kappa shape index (κ2) is 8.13. The molecule has 16 heavy (non-hydrogen) atoms. The molecule has 0 heterocycles. The van der Waals surface area contributed by atoms with Gasteiger partial charge in [0.2, 0.25) is 0 Å². The molecule has 3 heteroatoms. The number of nitrogens with one attached hydrogen (secondary N) is 1. The highest BCUT2D eigenvalue weighted by atomic mass is 16.5. The maximum Gasteiger partial charge on any atom is 0.119 e. The molecule has 1 N–H and O–H groups in total. The molecule has 0 bridgehead atoms. The molecule has 0 radical (unpaired) electrons. The van der Waals surface area contributed by atoms with Crippen molar-refractivity contribution in [2.24, 2.45) is 0 Å². The molecule has 1 rings (SSSR count). The van der Waals surface area contributed by atoms with E-state index in [4.69, 9.17) is 9.47 Å². The van der Waals surface area contributed by atoms with Crippen LogP contribution in [0.25, 0.3) is 0 Å². The van der Waals surface area contributed by atoms with Crippen molar-refractivity contribution >= 4 is 0 Å². The molecule has 0 aliphatic heterocycles. The van der Waals surface area contributed by atoms with E-state index in [0.29, 0.717) is 6.61 Å². The molecule has 0 aromatic heterocycles. The summed E-state index contributed by atoms with van der Waals surface area (Å²) >= 11 is 0. The second-order valence-corrected chi connectivity index (χ2v) is 3.76. The highest BCUT2D eigenvalue weighted by Gasteiger charge is 1.92. The molecule has 3 nitrogen and oxygen atoms in total. The van der Waals surface area contributed by atoms with Crippen molar-refractivity contribution < 1.29 is 9.47 Å². The summed E-state index contributed by atoms with van der Waals surface area (Å²) in [5.74, 6) is 0.935. The normalized spacial score (nSPS) is 10.4. The Kier molecular flexibility index (Phi) is 6.61. The zero-order chi connectivity index (χ0) is 11.6. The molecule has 0 saturated carbocycles. The van der Waals surface area contributed by atoms with E-state index >= 15 is 0 Å². The summed E-state index contributed by atoms with van der Waals surface area (Å²) in [7, 11) is 1.72. The fourth-order valence-electron chi connectivity index (χ4n) is 1.34. The van der Waals surface area contributed by atoms with E-state index in [-0.39, 0.29) is 0 Å². The van der Waals surface area contributed by atoms with Crippen LogP contribution in [0, 0.1) is 6.92 Å². The van der Waals surface area contributed by atoms with Crippen LogP contribution in [-0.2, 0) is 4.74 Å². The quantitative estimate of drug-likeness (QED) is 0.684. The largest absolute Gasteiger partial charge is 0.492 e.